The summed E-state index contributed by atoms with van der Waals surface area (Å²) < 4.78 is 36.5. The number of H-pyrrole nitrogens is 1. The number of aromatic nitrogens is 1. The van der Waals surface area contributed by atoms with E-state index >= 15 is 4.39 Å². The standard InChI is InChI=1S/C30H30BrF2N3O2S2/c31-20-3-1-2-19(16-20)29(37)9-13-40-15-14-39-12-8-23-22-7-11-36-28(22)18-26(33)30(23)38-21-4-5-25(32)24(17-21)27(35)6-10-34/h1-7,10-11,16-18,29,34,36-37H,8-9,12-15,35H2. The van der Waals surface area contributed by atoms with E-state index in [9.17, 15) is 9.50 Å². The number of hydrogen-bond donors (Lipinski definition) is 4. The molecule has 0 bridgehead atoms. The molecule has 5 N–H and O–H groups in total. The van der Waals surface area contributed by atoms with E-state index in [-0.39, 0.29) is 22.8 Å². The number of fused-ring (bicyclic) bond motifs is 1. The van der Waals surface area contributed by atoms with Gasteiger partial charge in [-0.1, -0.05) is 28.1 Å². The first kappa shape index (κ1) is 30.2. The van der Waals surface area contributed by atoms with Crippen molar-refractivity contribution in [2.24, 2.45) is 5.73 Å². The predicted molar refractivity (Wildman–Crippen MR) is 168 cm³/mol. The van der Waals surface area contributed by atoms with E-state index < -0.39 is 17.7 Å². The predicted octanol–water partition coefficient (Wildman–Crippen LogP) is 8.08. The number of aliphatic hydroxyl groups is 1. The maximum atomic E-state index is 15.2. The van der Waals surface area contributed by atoms with Crippen molar-refractivity contribution in [2.75, 3.05) is 23.0 Å². The number of aromatic amines is 1. The van der Waals surface area contributed by atoms with Crippen LogP contribution in [0.3, 0.4) is 0 Å². The highest BCUT2D eigenvalue weighted by Gasteiger charge is 2.18. The Morgan fingerprint density at radius 2 is 1.85 bits per heavy atom. The van der Waals surface area contributed by atoms with Gasteiger partial charge in [0.25, 0.3) is 0 Å². The summed E-state index contributed by atoms with van der Waals surface area (Å²) in [5, 5.41) is 18.5. The summed E-state index contributed by atoms with van der Waals surface area (Å²) in [6, 6.07) is 15.1. The molecule has 4 rings (SSSR count). The number of rotatable bonds is 14. The van der Waals surface area contributed by atoms with Crippen LogP contribution in [0.2, 0.25) is 0 Å². The van der Waals surface area contributed by atoms with Crippen LogP contribution in [0.25, 0.3) is 16.6 Å². The number of nitrogens with two attached hydrogens (primary N) is 1. The molecule has 1 heterocycles. The van der Waals surface area contributed by atoms with Gasteiger partial charge in [-0.3, -0.25) is 0 Å². The van der Waals surface area contributed by atoms with E-state index in [4.69, 9.17) is 15.9 Å². The van der Waals surface area contributed by atoms with Gasteiger partial charge in [-0.15, -0.1) is 0 Å². The summed E-state index contributed by atoms with van der Waals surface area (Å²) in [5.41, 5.74) is 8.38. The molecule has 1 atom stereocenters. The molecule has 5 nitrogen and oxygen atoms in total. The highest BCUT2D eigenvalue weighted by Crippen LogP contribution is 2.36. The highest BCUT2D eigenvalue weighted by atomic mass is 79.9. The lowest BCUT2D eigenvalue weighted by Gasteiger charge is -2.15. The summed E-state index contributed by atoms with van der Waals surface area (Å²) in [7, 11) is 0. The lowest BCUT2D eigenvalue weighted by molar-refractivity contribution is 0.175. The van der Waals surface area contributed by atoms with E-state index in [0.717, 1.165) is 50.2 Å². The van der Waals surface area contributed by atoms with E-state index in [1.807, 2.05) is 30.3 Å². The molecule has 1 aromatic heterocycles. The molecule has 0 amide bonds. The van der Waals surface area contributed by atoms with E-state index in [1.165, 1.54) is 30.3 Å². The quantitative estimate of drug-likeness (QED) is 0.0821. The molecule has 0 saturated carbocycles. The molecule has 0 spiro atoms. The minimum Gasteiger partial charge on any atom is -0.454 e. The van der Waals surface area contributed by atoms with Gasteiger partial charge in [0, 0.05) is 62.2 Å². The molecular weight excluding hydrogens is 616 g/mol. The summed E-state index contributed by atoms with van der Waals surface area (Å²) >= 11 is 7.02. The summed E-state index contributed by atoms with van der Waals surface area (Å²) in [6.45, 7) is 0. The number of halogens is 3. The van der Waals surface area contributed by atoms with Gasteiger partial charge >= 0.3 is 0 Å². The fourth-order valence-corrected chi connectivity index (χ4v) is 6.75. The van der Waals surface area contributed by atoms with Gasteiger partial charge in [-0.05, 0) is 72.4 Å². The average Bonchev–Trinajstić information content (AvgIpc) is 3.40. The molecule has 10 heteroatoms. The third kappa shape index (κ3) is 7.90. The Balaban J connectivity index is 1.34. The Bertz CT molecular complexity index is 1500. The molecule has 0 radical (unpaired) electrons. The number of thioether (sulfide) groups is 2. The van der Waals surface area contributed by atoms with Crippen LogP contribution in [-0.2, 0) is 6.42 Å². The molecule has 3 aromatic carbocycles. The smallest absolute Gasteiger partial charge is 0.168 e. The van der Waals surface area contributed by atoms with Gasteiger partial charge in [0.05, 0.1) is 6.10 Å². The van der Waals surface area contributed by atoms with Crippen LogP contribution in [0.1, 0.15) is 29.2 Å². The topological polar surface area (TPSA) is 95.1 Å². The second kappa shape index (κ2) is 14.7. The molecule has 0 aliphatic rings. The lowest BCUT2D eigenvalue weighted by Crippen LogP contribution is -2.02. The lowest BCUT2D eigenvalue weighted by atomic mass is 10.1. The van der Waals surface area contributed by atoms with Crippen molar-refractivity contribution in [3.05, 3.63) is 99.7 Å². The van der Waals surface area contributed by atoms with Crippen LogP contribution < -0.4 is 10.5 Å². The maximum Gasteiger partial charge on any atom is 0.168 e. The largest absolute Gasteiger partial charge is 0.454 e. The minimum atomic E-state index is -0.554. The number of aliphatic hydroxyl groups excluding tert-OH is 1. The summed E-state index contributed by atoms with van der Waals surface area (Å²) in [4.78, 5) is 3.06. The highest BCUT2D eigenvalue weighted by molar-refractivity contribution is 9.10. The molecule has 210 valence electrons. The molecule has 40 heavy (non-hydrogen) atoms. The maximum absolute atomic E-state index is 15.2. The summed E-state index contributed by atoms with van der Waals surface area (Å²) in [5.74, 6) is 2.80. The first-order valence-corrected chi connectivity index (χ1v) is 15.8. The van der Waals surface area contributed by atoms with Crippen molar-refractivity contribution in [3.8, 4) is 11.5 Å². The number of aryl methyl sites for hydroxylation is 1. The summed E-state index contributed by atoms with van der Waals surface area (Å²) in [6.07, 6.45) is 4.82. The Kier molecular flexibility index (Phi) is 11.1. The molecule has 0 aliphatic heterocycles. The van der Waals surface area contributed by atoms with Gasteiger partial charge in [0.1, 0.15) is 11.6 Å². The fraction of sp³-hybridized carbons (Fsp3) is 0.233. The van der Waals surface area contributed by atoms with Crippen LogP contribution in [-0.4, -0.2) is 39.3 Å². The molecule has 0 fully saturated rings. The number of hydrogen-bond acceptors (Lipinski definition) is 6. The monoisotopic (exact) mass is 645 g/mol. The Morgan fingerprint density at radius 1 is 1.05 bits per heavy atom. The Labute approximate surface area is 249 Å². The van der Waals surface area contributed by atoms with E-state index in [1.54, 1.807) is 29.7 Å². The second-order valence-electron chi connectivity index (χ2n) is 8.97. The zero-order chi connectivity index (χ0) is 28.5. The average molecular weight is 647 g/mol. The van der Waals surface area contributed by atoms with Crippen molar-refractivity contribution in [1.82, 2.24) is 4.98 Å². The van der Waals surface area contributed by atoms with Crippen LogP contribution in [0.15, 0.2) is 71.3 Å². The van der Waals surface area contributed by atoms with Gasteiger partial charge in [-0.25, -0.2) is 8.78 Å². The minimum absolute atomic E-state index is 0.0802. The van der Waals surface area contributed by atoms with Crippen molar-refractivity contribution >= 4 is 62.3 Å². The SMILES string of the molecule is N=CC=C(N)c1cc(Oc2c(F)cc3[nH]ccc3c2CCSCCSCCC(O)c2cccc(Br)c2)ccc1F. The number of allylic oxidation sites excluding steroid dienone is 1. The second-order valence-corrected chi connectivity index (χ2v) is 12.3. The molecule has 0 aliphatic carbocycles. The van der Waals surface area contributed by atoms with Gasteiger partial charge < -0.3 is 26.0 Å². The van der Waals surface area contributed by atoms with Crippen LogP contribution in [0.4, 0.5) is 8.78 Å². The van der Waals surface area contributed by atoms with Crippen LogP contribution >= 0.6 is 39.5 Å². The van der Waals surface area contributed by atoms with Gasteiger partial charge in [-0.2, -0.15) is 23.5 Å². The van der Waals surface area contributed by atoms with Gasteiger partial charge in [0.15, 0.2) is 11.6 Å². The van der Waals surface area contributed by atoms with E-state index in [2.05, 4.69) is 20.9 Å². The van der Waals surface area contributed by atoms with Crippen molar-refractivity contribution < 1.29 is 18.6 Å². The number of ether oxygens (including phenoxy) is 1. The Hall–Kier alpha value is -2.79. The van der Waals surface area contributed by atoms with Crippen molar-refractivity contribution in [1.29, 1.82) is 5.41 Å². The number of benzene rings is 3. The first-order chi connectivity index (χ1) is 19.4. The van der Waals surface area contributed by atoms with Crippen molar-refractivity contribution in [3.63, 3.8) is 0 Å². The third-order valence-electron chi connectivity index (χ3n) is 6.24. The Morgan fingerprint density at radius 3 is 2.62 bits per heavy atom. The molecule has 4 aromatic rings. The molecule has 0 saturated heterocycles. The van der Waals surface area contributed by atoms with E-state index in [0.29, 0.717) is 18.4 Å². The molecule has 1 unspecified atom stereocenters. The van der Waals surface area contributed by atoms with Crippen LogP contribution in [0.5, 0.6) is 11.5 Å². The first-order valence-electron chi connectivity index (χ1n) is 12.7. The van der Waals surface area contributed by atoms with Crippen molar-refractivity contribution in [2.45, 2.75) is 18.9 Å². The van der Waals surface area contributed by atoms with Crippen LogP contribution in [0, 0.1) is 17.0 Å². The molecular formula is C30H30BrF2N3O2S2. The number of nitrogens with one attached hydrogen (secondary N) is 2. The normalized spacial score (nSPS) is 12.6. The fourth-order valence-electron chi connectivity index (χ4n) is 4.24. The third-order valence-corrected chi connectivity index (χ3v) is 8.99. The van der Waals surface area contributed by atoms with Gasteiger partial charge in [0.2, 0.25) is 0 Å². The zero-order valence-corrected chi connectivity index (χ0v) is 24.9. The zero-order valence-electron chi connectivity index (χ0n) is 21.6.